The van der Waals surface area contributed by atoms with Crippen molar-refractivity contribution in [3.05, 3.63) is 27.1 Å². The predicted octanol–water partition coefficient (Wildman–Crippen LogP) is 1.92. The standard InChI is InChI=1S/C9H11BrN2O/c10-7-4-12(6-2-1-3-6)5-8(11)9(7)13/h4-6H,1-3,11H2. The molecule has 70 valence electrons. The van der Waals surface area contributed by atoms with Gasteiger partial charge < -0.3 is 10.3 Å². The van der Waals surface area contributed by atoms with Crippen molar-refractivity contribution in [1.82, 2.24) is 4.57 Å². The van der Waals surface area contributed by atoms with Gasteiger partial charge in [-0.05, 0) is 35.2 Å². The number of nitrogens with zero attached hydrogens (tertiary/aromatic N) is 1. The molecule has 0 unspecified atom stereocenters. The lowest BCUT2D eigenvalue weighted by molar-refractivity contribution is 0.312. The van der Waals surface area contributed by atoms with Crippen LogP contribution in [0.15, 0.2) is 21.7 Å². The first kappa shape index (κ1) is 8.81. The lowest BCUT2D eigenvalue weighted by Gasteiger charge is -2.28. The summed E-state index contributed by atoms with van der Waals surface area (Å²) in [4.78, 5) is 11.3. The van der Waals surface area contributed by atoms with Crippen molar-refractivity contribution in [1.29, 1.82) is 0 Å². The van der Waals surface area contributed by atoms with E-state index >= 15 is 0 Å². The lowest BCUT2D eigenvalue weighted by Crippen LogP contribution is -2.20. The molecule has 0 saturated heterocycles. The zero-order valence-electron chi connectivity index (χ0n) is 7.16. The molecule has 4 heteroatoms. The summed E-state index contributed by atoms with van der Waals surface area (Å²) >= 11 is 3.21. The van der Waals surface area contributed by atoms with E-state index in [-0.39, 0.29) is 5.43 Å². The van der Waals surface area contributed by atoms with Crippen LogP contribution >= 0.6 is 15.9 Å². The third kappa shape index (κ3) is 1.50. The minimum absolute atomic E-state index is 0.115. The number of aromatic nitrogens is 1. The molecule has 0 amide bonds. The average Bonchev–Trinajstić information content (AvgIpc) is 1.96. The van der Waals surface area contributed by atoms with E-state index in [9.17, 15) is 4.79 Å². The predicted molar refractivity (Wildman–Crippen MR) is 55.7 cm³/mol. The summed E-state index contributed by atoms with van der Waals surface area (Å²) in [5.74, 6) is 0. The van der Waals surface area contributed by atoms with E-state index in [2.05, 4.69) is 15.9 Å². The highest BCUT2D eigenvalue weighted by atomic mass is 79.9. The Hall–Kier alpha value is -0.770. The largest absolute Gasteiger partial charge is 0.394 e. The zero-order valence-corrected chi connectivity index (χ0v) is 8.75. The van der Waals surface area contributed by atoms with Crippen LogP contribution in [0.4, 0.5) is 5.69 Å². The fourth-order valence-electron chi connectivity index (χ4n) is 1.48. The van der Waals surface area contributed by atoms with Gasteiger partial charge in [0.05, 0.1) is 10.2 Å². The maximum atomic E-state index is 11.3. The summed E-state index contributed by atoms with van der Waals surface area (Å²) in [7, 11) is 0. The second-order valence-corrected chi connectivity index (χ2v) is 4.28. The Morgan fingerprint density at radius 2 is 2.15 bits per heavy atom. The summed E-state index contributed by atoms with van der Waals surface area (Å²) in [5, 5.41) is 0. The van der Waals surface area contributed by atoms with Gasteiger partial charge in [-0.1, -0.05) is 0 Å². The fourth-order valence-corrected chi connectivity index (χ4v) is 1.94. The maximum Gasteiger partial charge on any atom is 0.218 e. The van der Waals surface area contributed by atoms with Gasteiger partial charge in [-0.15, -0.1) is 0 Å². The Morgan fingerprint density at radius 1 is 1.46 bits per heavy atom. The fraction of sp³-hybridized carbons (Fsp3) is 0.444. The molecule has 0 bridgehead atoms. The van der Waals surface area contributed by atoms with Crippen LogP contribution in [-0.4, -0.2) is 4.57 Å². The second-order valence-electron chi connectivity index (χ2n) is 3.42. The molecule has 2 rings (SSSR count). The molecular weight excluding hydrogens is 232 g/mol. The Balaban J connectivity index is 2.43. The molecule has 2 N–H and O–H groups in total. The Bertz CT molecular complexity index is 355. The topological polar surface area (TPSA) is 48.0 Å². The van der Waals surface area contributed by atoms with Crippen LogP contribution in [0.5, 0.6) is 0 Å². The van der Waals surface area contributed by atoms with E-state index in [4.69, 9.17) is 5.73 Å². The monoisotopic (exact) mass is 242 g/mol. The van der Waals surface area contributed by atoms with Crippen LogP contribution in [0, 0.1) is 0 Å². The van der Waals surface area contributed by atoms with Crippen LogP contribution in [-0.2, 0) is 0 Å². The third-order valence-electron chi connectivity index (χ3n) is 2.53. The Labute approximate surface area is 84.7 Å². The summed E-state index contributed by atoms with van der Waals surface area (Å²) in [5.41, 5.74) is 5.78. The highest BCUT2D eigenvalue weighted by Crippen LogP contribution is 2.31. The van der Waals surface area contributed by atoms with Crippen molar-refractivity contribution in [2.24, 2.45) is 0 Å². The van der Waals surface area contributed by atoms with E-state index in [1.54, 1.807) is 6.20 Å². The first-order chi connectivity index (χ1) is 6.18. The Kier molecular flexibility index (Phi) is 2.15. The van der Waals surface area contributed by atoms with E-state index < -0.39 is 0 Å². The van der Waals surface area contributed by atoms with Crippen molar-refractivity contribution < 1.29 is 0 Å². The number of hydrogen-bond acceptors (Lipinski definition) is 2. The van der Waals surface area contributed by atoms with Crippen molar-refractivity contribution in [3.8, 4) is 0 Å². The number of anilines is 1. The van der Waals surface area contributed by atoms with Crippen molar-refractivity contribution in [2.75, 3.05) is 5.73 Å². The number of rotatable bonds is 1. The lowest BCUT2D eigenvalue weighted by atomic mass is 9.93. The first-order valence-corrected chi connectivity index (χ1v) is 5.14. The minimum atomic E-state index is -0.115. The van der Waals surface area contributed by atoms with Gasteiger partial charge in [-0.2, -0.15) is 0 Å². The van der Waals surface area contributed by atoms with E-state index in [0.29, 0.717) is 16.2 Å². The molecule has 1 fully saturated rings. The number of halogens is 1. The highest BCUT2D eigenvalue weighted by molar-refractivity contribution is 9.10. The number of nitrogen functional groups attached to an aromatic ring is 1. The smallest absolute Gasteiger partial charge is 0.218 e. The number of nitrogens with two attached hydrogens (primary N) is 1. The molecule has 0 spiro atoms. The summed E-state index contributed by atoms with van der Waals surface area (Å²) in [6.45, 7) is 0. The van der Waals surface area contributed by atoms with Gasteiger partial charge in [0.15, 0.2) is 0 Å². The zero-order chi connectivity index (χ0) is 9.42. The second kappa shape index (κ2) is 3.18. The molecule has 13 heavy (non-hydrogen) atoms. The summed E-state index contributed by atoms with van der Waals surface area (Å²) < 4.78 is 2.59. The third-order valence-corrected chi connectivity index (χ3v) is 3.09. The van der Waals surface area contributed by atoms with Gasteiger partial charge in [-0.25, -0.2) is 0 Å². The Morgan fingerprint density at radius 3 is 2.62 bits per heavy atom. The molecule has 1 saturated carbocycles. The van der Waals surface area contributed by atoms with Gasteiger partial charge in [0.25, 0.3) is 0 Å². The molecular formula is C9H11BrN2O. The van der Waals surface area contributed by atoms with E-state index in [0.717, 1.165) is 0 Å². The number of pyridine rings is 1. The van der Waals surface area contributed by atoms with Crippen molar-refractivity contribution in [3.63, 3.8) is 0 Å². The van der Waals surface area contributed by atoms with Crippen molar-refractivity contribution in [2.45, 2.75) is 25.3 Å². The quantitative estimate of drug-likeness (QED) is 0.819. The molecule has 0 aromatic carbocycles. The van der Waals surface area contributed by atoms with E-state index in [1.165, 1.54) is 19.3 Å². The van der Waals surface area contributed by atoms with Crippen LogP contribution in [0.25, 0.3) is 0 Å². The molecule has 1 aromatic rings. The molecule has 1 aromatic heterocycles. The van der Waals surface area contributed by atoms with Crippen LogP contribution in [0.1, 0.15) is 25.3 Å². The maximum absolute atomic E-state index is 11.3. The number of hydrogen-bond donors (Lipinski definition) is 1. The van der Waals surface area contributed by atoms with Gasteiger partial charge >= 0.3 is 0 Å². The van der Waals surface area contributed by atoms with Gasteiger partial charge in [0.2, 0.25) is 5.43 Å². The minimum Gasteiger partial charge on any atom is -0.394 e. The molecule has 0 aliphatic heterocycles. The summed E-state index contributed by atoms with van der Waals surface area (Å²) in [6, 6.07) is 0.541. The van der Waals surface area contributed by atoms with E-state index in [1.807, 2.05) is 10.8 Å². The van der Waals surface area contributed by atoms with Crippen LogP contribution in [0.2, 0.25) is 0 Å². The van der Waals surface area contributed by atoms with Gasteiger partial charge in [-0.3, -0.25) is 4.79 Å². The van der Waals surface area contributed by atoms with Crippen LogP contribution < -0.4 is 11.2 Å². The molecule has 3 nitrogen and oxygen atoms in total. The van der Waals surface area contributed by atoms with Crippen molar-refractivity contribution >= 4 is 21.6 Å². The highest BCUT2D eigenvalue weighted by Gasteiger charge is 2.19. The normalized spacial score (nSPS) is 17.0. The molecule has 0 atom stereocenters. The van der Waals surface area contributed by atoms with Gasteiger partial charge in [0.1, 0.15) is 0 Å². The molecule has 1 heterocycles. The molecule has 0 radical (unpaired) electrons. The first-order valence-electron chi connectivity index (χ1n) is 4.35. The summed E-state index contributed by atoms with van der Waals surface area (Å²) in [6.07, 6.45) is 7.21. The average molecular weight is 243 g/mol. The van der Waals surface area contributed by atoms with Gasteiger partial charge in [0, 0.05) is 18.4 Å². The molecule has 1 aliphatic carbocycles. The van der Waals surface area contributed by atoms with Crippen LogP contribution in [0.3, 0.4) is 0 Å². The molecule has 1 aliphatic rings. The SMILES string of the molecule is Nc1cn(C2CCC2)cc(Br)c1=O.